The second-order valence-corrected chi connectivity index (χ2v) is 5.00. The summed E-state index contributed by atoms with van der Waals surface area (Å²) in [5, 5.41) is 5.49. The van der Waals surface area contributed by atoms with E-state index in [2.05, 4.69) is 10.6 Å². The third-order valence-electron chi connectivity index (χ3n) is 3.33. The predicted octanol–water partition coefficient (Wildman–Crippen LogP) is 2.71. The number of benzene rings is 2. The molecule has 6 nitrogen and oxygen atoms in total. The van der Waals surface area contributed by atoms with Crippen molar-refractivity contribution in [3.63, 3.8) is 0 Å². The molecule has 0 fully saturated rings. The van der Waals surface area contributed by atoms with Crippen LogP contribution in [0.15, 0.2) is 42.5 Å². The van der Waals surface area contributed by atoms with Crippen LogP contribution in [0.25, 0.3) is 0 Å². The zero-order chi connectivity index (χ0) is 17.5. The first-order chi connectivity index (χ1) is 11.6. The average molecular weight is 328 g/mol. The van der Waals surface area contributed by atoms with Crippen LogP contribution in [0.3, 0.4) is 0 Å². The van der Waals surface area contributed by atoms with E-state index in [4.69, 9.17) is 9.47 Å². The van der Waals surface area contributed by atoms with Crippen LogP contribution in [-0.2, 0) is 0 Å². The molecule has 0 atom stereocenters. The van der Waals surface area contributed by atoms with Crippen LogP contribution in [0.5, 0.6) is 11.5 Å². The summed E-state index contributed by atoms with van der Waals surface area (Å²) in [6, 6.07) is 11.7. The summed E-state index contributed by atoms with van der Waals surface area (Å²) in [6.07, 6.45) is 0. The fraction of sp³-hybridized carbons (Fsp3) is 0.222. The molecule has 0 saturated carbocycles. The van der Waals surface area contributed by atoms with Crippen molar-refractivity contribution in [1.82, 2.24) is 5.32 Å². The lowest BCUT2D eigenvalue weighted by molar-refractivity contribution is 0.0954. The minimum atomic E-state index is -0.319. The third-order valence-corrected chi connectivity index (χ3v) is 3.33. The highest BCUT2D eigenvalue weighted by Crippen LogP contribution is 2.23. The highest BCUT2D eigenvalue weighted by molar-refractivity contribution is 6.05. The maximum atomic E-state index is 12.4. The SMILES string of the molecule is CCNC(=O)c1cccc(NC(=O)c2cc(OC)cc(OC)c2)c1. The van der Waals surface area contributed by atoms with Crippen LogP contribution < -0.4 is 20.1 Å². The van der Waals surface area contributed by atoms with Gasteiger partial charge in [0.05, 0.1) is 14.2 Å². The maximum absolute atomic E-state index is 12.4. The van der Waals surface area contributed by atoms with E-state index in [0.717, 1.165) is 0 Å². The highest BCUT2D eigenvalue weighted by Gasteiger charge is 2.11. The largest absolute Gasteiger partial charge is 0.497 e. The second-order valence-electron chi connectivity index (χ2n) is 5.00. The smallest absolute Gasteiger partial charge is 0.255 e. The van der Waals surface area contributed by atoms with Gasteiger partial charge in [0.2, 0.25) is 0 Å². The fourth-order valence-corrected chi connectivity index (χ4v) is 2.14. The summed E-state index contributed by atoms with van der Waals surface area (Å²) in [6.45, 7) is 2.39. The molecule has 0 aliphatic carbocycles. The summed E-state index contributed by atoms with van der Waals surface area (Å²) >= 11 is 0. The van der Waals surface area contributed by atoms with E-state index < -0.39 is 0 Å². The Hall–Kier alpha value is -3.02. The van der Waals surface area contributed by atoms with E-state index in [1.54, 1.807) is 42.5 Å². The Bertz CT molecular complexity index is 721. The van der Waals surface area contributed by atoms with E-state index >= 15 is 0 Å². The number of hydrogen-bond acceptors (Lipinski definition) is 4. The Kier molecular flexibility index (Phi) is 5.78. The molecule has 6 heteroatoms. The van der Waals surface area contributed by atoms with Crippen LogP contribution in [0, 0.1) is 0 Å². The van der Waals surface area contributed by atoms with Gasteiger partial charge in [-0.2, -0.15) is 0 Å². The predicted molar refractivity (Wildman–Crippen MR) is 91.9 cm³/mol. The third kappa shape index (κ3) is 4.25. The molecule has 0 aromatic heterocycles. The van der Waals surface area contributed by atoms with Gasteiger partial charge >= 0.3 is 0 Å². The molecule has 0 aliphatic heterocycles. The molecule has 126 valence electrons. The van der Waals surface area contributed by atoms with Crippen LogP contribution in [-0.4, -0.2) is 32.6 Å². The van der Waals surface area contributed by atoms with Gasteiger partial charge in [-0.25, -0.2) is 0 Å². The Labute approximate surface area is 140 Å². The van der Waals surface area contributed by atoms with Gasteiger partial charge in [-0.1, -0.05) is 6.07 Å². The monoisotopic (exact) mass is 328 g/mol. The fourth-order valence-electron chi connectivity index (χ4n) is 2.14. The molecule has 0 heterocycles. The van der Waals surface area contributed by atoms with E-state index in [0.29, 0.717) is 34.9 Å². The second kappa shape index (κ2) is 8.01. The molecule has 0 radical (unpaired) electrons. The topological polar surface area (TPSA) is 76.7 Å². The average Bonchev–Trinajstić information content (AvgIpc) is 2.61. The summed E-state index contributed by atoms with van der Waals surface area (Å²) in [7, 11) is 3.04. The Morgan fingerprint density at radius 3 is 2.17 bits per heavy atom. The zero-order valence-electron chi connectivity index (χ0n) is 13.9. The number of rotatable bonds is 6. The molecule has 0 unspecified atom stereocenters. The van der Waals surface area contributed by atoms with Crippen molar-refractivity contribution in [2.45, 2.75) is 6.92 Å². The van der Waals surface area contributed by atoms with E-state index in [-0.39, 0.29) is 11.8 Å². The quantitative estimate of drug-likeness (QED) is 0.855. The van der Waals surface area contributed by atoms with Gasteiger partial charge < -0.3 is 20.1 Å². The normalized spacial score (nSPS) is 9.96. The van der Waals surface area contributed by atoms with Gasteiger partial charge in [0, 0.05) is 29.4 Å². The summed E-state index contributed by atoms with van der Waals surface area (Å²) in [5.41, 5.74) is 1.41. The number of nitrogens with one attached hydrogen (secondary N) is 2. The Balaban J connectivity index is 2.20. The number of hydrogen-bond donors (Lipinski definition) is 2. The maximum Gasteiger partial charge on any atom is 0.255 e. The molecule has 2 aromatic carbocycles. The van der Waals surface area contributed by atoms with Crippen molar-refractivity contribution in [3.05, 3.63) is 53.6 Å². The minimum Gasteiger partial charge on any atom is -0.497 e. The molecule has 2 rings (SSSR count). The lowest BCUT2D eigenvalue weighted by Gasteiger charge is -2.10. The van der Waals surface area contributed by atoms with Crippen LogP contribution >= 0.6 is 0 Å². The molecule has 2 N–H and O–H groups in total. The first kappa shape index (κ1) is 17.3. The highest BCUT2D eigenvalue weighted by atomic mass is 16.5. The molecular formula is C18H20N2O4. The van der Waals surface area contributed by atoms with Crippen LogP contribution in [0.2, 0.25) is 0 Å². The molecular weight excluding hydrogens is 308 g/mol. The van der Waals surface area contributed by atoms with E-state index in [1.165, 1.54) is 14.2 Å². The van der Waals surface area contributed by atoms with E-state index in [1.807, 2.05) is 6.92 Å². The van der Waals surface area contributed by atoms with Gasteiger partial charge in [0.15, 0.2) is 0 Å². The van der Waals surface area contributed by atoms with Gasteiger partial charge in [0.25, 0.3) is 11.8 Å². The molecule has 0 saturated heterocycles. The molecule has 2 amide bonds. The lowest BCUT2D eigenvalue weighted by Crippen LogP contribution is -2.22. The molecule has 0 aliphatic rings. The van der Waals surface area contributed by atoms with Gasteiger partial charge in [-0.05, 0) is 37.3 Å². The number of ether oxygens (including phenoxy) is 2. The van der Waals surface area contributed by atoms with Gasteiger partial charge in [-0.15, -0.1) is 0 Å². The number of methoxy groups -OCH3 is 2. The first-order valence-corrected chi connectivity index (χ1v) is 7.50. The molecule has 0 spiro atoms. The Morgan fingerprint density at radius 1 is 0.917 bits per heavy atom. The number of anilines is 1. The first-order valence-electron chi connectivity index (χ1n) is 7.50. The standard InChI is InChI=1S/C18H20N2O4/c1-4-19-17(21)12-6-5-7-14(8-12)20-18(22)13-9-15(23-2)11-16(10-13)24-3/h5-11H,4H2,1-3H3,(H,19,21)(H,20,22). The summed E-state index contributed by atoms with van der Waals surface area (Å²) < 4.78 is 10.3. The van der Waals surface area contributed by atoms with Crippen molar-refractivity contribution in [1.29, 1.82) is 0 Å². The summed E-state index contributed by atoms with van der Waals surface area (Å²) in [4.78, 5) is 24.3. The minimum absolute atomic E-state index is 0.184. The van der Waals surface area contributed by atoms with Crippen molar-refractivity contribution < 1.29 is 19.1 Å². The van der Waals surface area contributed by atoms with Crippen molar-refractivity contribution in [2.24, 2.45) is 0 Å². The van der Waals surface area contributed by atoms with Crippen molar-refractivity contribution >= 4 is 17.5 Å². The van der Waals surface area contributed by atoms with Crippen LogP contribution in [0.1, 0.15) is 27.6 Å². The van der Waals surface area contributed by atoms with Gasteiger partial charge in [-0.3, -0.25) is 9.59 Å². The van der Waals surface area contributed by atoms with Crippen molar-refractivity contribution in [3.8, 4) is 11.5 Å². The molecule has 0 bridgehead atoms. The molecule has 24 heavy (non-hydrogen) atoms. The number of carbonyl (C=O) groups excluding carboxylic acids is 2. The van der Waals surface area contributed by atoms with Gasteiger partial charge in [0.1, 0.15) is 11.5 Å². The van der Waals surface area contributed by atoms with E-state index in [9.17, 15) is 9.59 Å². The van der Waals surface area contributed by atoms with Crippen LogP contribution in [0.4, 0.5) is 5.69 Å². The Morgan fingerprint density at radius 2 is 1.58 bits per heavy atom. The van der Waals surface area contributed by atoms with Crippen molar-refractivity contribution in [2.75, 3.05) is 26.1 Å². The number of amides is 2. The number of carbonyl (C=O) groups is 2. The lowest BCUT2D eigenvalue weighted by atomic mass is 10.1. The molecule has 2 aromatic rings. The summed E-state index contributed by atoms with van der Waals surface area (Å²) in [5.74, 6) is 0.544. The zero-order valence-corrected chi connectivity index (χ0v) is 13.9.